The highest BCUT2D eigenvalue weighted by Gasteiger charge is 2.15. The van der Waals surface area contributed by atoms with Gasteiger partial charge >= 0.3 is 0 Å². The Morgan fingerprint density at radius 3 is 2.76 bits per heavy atom. The van der Waals surface area contributed by atoms with Gasteiger partial charge in [-0.05, 0) is 44.2 Å². The van der Waals surface area contributed by atoms with Gasteiger partial charge in [-0.15, -0.1) is 10.2 Å². The number of nitrogens with zero attached hydrogens (tertiary/aromatic N) is 6. The molecule has 1 N–H and O–H groups in total. The summed E-state index contributed by atoms with van der Waals surface area (Å²) in [7, 11) is 0. The highest BCUT2D eigenvalue weighted by atomic mass is 16.4. The van der Waals surface area contributed by atoms with Gasteiger partial charge in [-0.1, -0.05) is 0 Å². The number of imidazole rings is 1. The molecule has 0 atom stereocenters. The van der Waals surface area contributed by atoms with Gasteiger partial charge in [0.2, 0.25) is 11.8 Å². The van der Waals surface area contributed by atoms with E-state index in [-0.39, 0.29) is 12.3 Å². The summed E-state index contributed by atoms with van der Waals surface area (Å²) in [6, 6.07) is 9.44. The molecule has 0 bridgehead atoms. The lowest BCUT2D eigenvalue weighted by Gasteiger charge is -2.06. The maximum atomic E-state index is 12.2. The third-order valence-electron chi connectivity index (χ3n) is 4.41. The molecular weight excluding hydrogens is 370 g/mol. The average Bonchev–Trinajstić information content (AvgIpc) is 3.47. The summed E-state index contributed by atoms with van der Waals surface area (Å²) in [5.74, 6) is 0.722. The smallest absolute Gasteiger partial charge is 0.265 e. The lowest BCUT2D eigenvalue weighted by atomic mass is 10.2. The van der Waals surface area contributed by atoms with Crippen molar-refractivity contribution in [2.45, 2.75) is 33.2 Å². The van der Waals surface area contributed by atoms with Crippen molar-refractivity contribution in [2.75, 3.05) is 5.32 Å². The van der Waals surface area contributed by atoms with Gasteiger partial charge in [0.15, 0.2) is 0 Å². The Kier molecular flexibility index (Phi) is 5.19. The van der Waals surface area contributed by atoms with Crippen LogP contribution in [-0.2, 0) is 17.8 Å². The van der Waals surface area contributed by atoms with Crippen molar-refractivity contribution in [1.29, 1.82) is 0 Å². The van der Waals surface area contributed by atoms with Gasteiger partial charge in [-0.25, -0.2) is 4.98 Å². The van der Waals surface area contributed by atoms with Crippen molar-refractivity contribution in [1.82, 2.24) is 29.5 Å². The minimum Gasteiger partial charge on any atom is -0.419 e. The molecule has 1 aromatic carbocycles. The quantitative estimate of drug-likeness (QED) is 0.519. The maximum absolute atomic E-state index is 12.2. The standard InChI is InChI=1S/C20H21N7O2/c1-3-27-17(12-14(2)25-27)20-24-23-19(29-20)9-8-18(28)22-15-4-6-16(7-5-15)26-11-10-21-13-26/h4-7,10-13H,3,8-9H2,1-2H3,(H,22,28). The van der Waals surface area contributed by atoms with E-state index in [1.807, 2.05) is 59.6 Å². The first-order chi connectivity index (χ1) is 14.1. The fourth-order valence-corrected chi connectivity index (χ4v) is 2.99. The summed E-state index contributed by atoms with van der Waals surface area (Å²) in [6.45, 7) is 4.63. The van der Waals surface area contributed by atoms with Crippen LogP contribution in [0.15, 0.2) is 53.5 Å². The zero-order chi connectivity index (χ0) is 20.2. The number of nitrogens with one attached hydrogen (secondary N) is 1. The summed E-state index contributed by atoms with van der Waals surface area (Å²) < 4.78 is 9.42. The molecular formula is C20H21N7O2. The van der Waals surface area contributed by atoms with Crippen molar-refractivity contribution in [2.24, 2.45) is 0 Å². The topological polar surface area (TPSA) is 104 Å². The number of rotatable bonds is 7. The first kappa shape index (κ1) is 18.6. The Labute approximate surface area is 167 Å². The Bertz CT molecular complexity index is 1090. The van der Waals surface area contributed by atoms with Crippen LogP contribution in [0.25, 0.3) is 17.3 Å². The normalized spacial score (nSPS) is 11.0. The van der Waals surface area contributed by atoms with Crippen molar-refractivity contribution >= 4 is 11.6 Å². The number of hydrogen-bond acceptors (Lipinski definition) is 6. The molecule has 4 aromatic rings. The van der Waals surface area contributed by atoms with E-state index < -0.39 is 0 Å². The van der Waals surface area contributed by atoms with Crippen molar-refractivity contribution in [3.8, 4) is 17.3 Å². The Morgan fingerprint density at radius 1 is 1.21 bits per heavy atom. The molecule has 148 valence electrons. The first-order valence-electron chi connectivity index (χ1n) is 9.38. The Balaban J connectivity index is 1.33. The van der Waals surface area contributed by atoms with Crippen LogP contribution < -0.4 is 5.32 Å². The number of carbonyl (C=O) groups is 1. The Morgan fingerprint density at radius 2 is 2.03 bits per heavy atom. The number of carbonyl (C=O) groups excluding carboxylic acids is 1. The SMILES string of the molecule is CCn1nc(C)cc1-c1nnc(CCC(=O)Nc2ccc(-n3ccnc3)cc2)o1. The molecule has 0 fully saturated rings. The molecule has 29 heavy (non-hydrogen) atoms. The van der Waals surface area contributed by atoms with Crippen LogP contribution in [-0.4, -0.2) is 35.4 Å². The number of anilines is 1. The molecule has 0 aliphatic rings. The van der Waals surface area contributed by atoms with Crippen LogP contribution >= 0.6 is 0 Å². The minimum absolute atomic E-state index is 0.116. The molecule has 0 aliphatic carbocycles. The van der Waals surface area contributed by atoms with Crippen LogP contribution in [0, 0.1) is 6.92 Å². The second kappa shape index (κ2) is 8.09. The summed E-state index contributed by atoms with van der Waals surface area (Å²) in [4.78, 5) is 16.3. The third kappa shape index (κ3) is 4.23. The van der Waals surface area contributed by atoms with Gasteiger partial charge in [-0.3, -0.25) is 9.48 Å². The minimum atomic E-state index is -0.116. The van der Waals surface area contributed by atoms with Crippen LogP contribution in [0.1, 0.15) is 24.9 Å². The Hall–Kier alpha value is -3.75. The molecule has 0 radical (unpaired) electrons. The van der Waals surface area contributed by atoms with Crippen molar-refractivity contribution in [3.63, 3.8) is 0 Å². The predicted octanol–water partition coefficient (Wildman–Crippen LogP) is 3.02. The molecule has 1 amide bonds. The zero-order valence-electron chi connectivity index (χ0n) is 16.2. The molecule has 0 saturated carbocycles. The lowest BCUT2D eigenvalue weighted by Crippen LogP contribution is -2.12. The summed E-state index contributed by atoms with van der Waals surface area (Å²) in [5.41, 5.74) is 3.37. The van der Waals surface area contributed by atoms with Crippen LogP contribution in [0.3, 0.4) is 0 Å². The van der Waals surface area contributed by atoms with Gasteiger partial charge in [0, 0.05) is 43.2 Å². The first-order valence-corrected chi connectivity index (χ1v) is 9.38. The second-order valence-electron chi connectivity index (χ2n) is 6.55. The predicted molar refractivity (Wildman–Crippen MR) is 106 cm³/mol. The van der Waals surface area contributed by atoms with E-state index in [1.165, 1.54) is 0 Å². The van der Waals surface area contributed by atoms with E-state index in [9.17, 15) is 4.79 Å². The highest BCUT2D eigenvalue weighted by Crippen LogP contribution is 2.20. The summed E-state index contributed by atoms with van der Waals surface area (Å²) in [5, 5.41) is 15.4. The van der Waals surface area contributed by atoms with E-state index in [4.69, 9.17) is 4.42 Å². The number of amides is 1. The van der Waals surface area contributed by atoms with E-state index in [2.05, 4.69) is 25.6 Å². The maximum Gasteiger partial charge on any atom is 0.265 e. The summed E-state index contributed by atoms with van der Waals surface area (Å²) in [6.07, 6.45) is 5.92. The molecule has 9 nitrogen and oxygen atoms in total. The monoisotopic (exact) mass is 391 g/mol. The van der Waals surface area contributed by atoms with E-state index in [0.717, 1.165) is 22.8 Å². The molecule has 0 unspecified atom stereocenters. The highest BCUT2D eigenvalue weighted by molar-refractivity contribution is 5.90. The fourth-order valence-electron chi connectivity index (χ4n) is 2.99. The van der Waals surface area contributed by atoms with Crippen molar-refractivity contribution < 1.29 is 9.21 Å². The molecule has 9 heteroatoms. The van der Waals surface area contributed by atoms with Gasteiger partial charge in [0.25, 0.3) is 5.89 Å². The third-order valence-corrected chi connectivity index (χ3v) is 4.41. The summed E-state index contributed by atoms with van der Waals surface area (Å²) >= 11 is 0. The number of benzene rings is 1. The number of hydrogen-bond donors (Lipinski definition) is 1. The second-order valence-corrected chi connectivity index (χ2v) is 6.55. The van der Waals surface area contributed by atoms with Gasteiger partial charge in [0.1, 0.15) is 5.69 Å². The number of aryl methyl sites for hydroxylation is 3. The van der Waals surface area contributed by atoms with Crippen molar-refractivity contribution in [3.05, 3.63) is 60.6 Å². The molecule has 0 saturated heterocycles. The molecule has 4 rings (SSSR count). The molecule has 3 aromatic heterocycles. The molecule has 3 heterocycles. The van der Waals surface area contributed by atoms with E-state index in [1.54, 1.807) is 12.5 Å². The number of aromatic nitrogens is 6. The largest absolute Gasteiger partial charge is 0.419 e. The van der Waals surface area contributed by atoms with Gasteiger partial charge in [0.05, 0.1) is 12.0 Å². The average molecular weight is 391 g/mol. The molecule has 0 aliphatic heterocycles. The van der Waals surface area contributed by atoms with Crippen LogP contribution in [0.4, 0.5) is 5.69 Å². The van der Waals surface area contributed by atoms with E-state index in [0.29, 0.717) is 24.7 Å². The van der Waals surface area contributed by atoms with Crippen LogP contribution in [0.5, 0.6) is 0 Å². The zero-order valence-corrected chi connectivity index (χ0v) is 16.2. The van der Waals surface area contributed by atoms with Crippen LogP contribution in [0.2, 0.25) is 0 Å². The lowest BCUT2D eigenvalue weighted by molar-refractivity contribution is -0.116. The van der Waals surface area contributed by atoms with Gasteiger partial charge < -0.3 is 14.3 Å². The van der Waals surface area contributed by atoms with Gasteiger partial charge in [-0.2, -0.15) is 5.10 Å². The molecule has 0 spiro atoms. The van der Waals surface area contributed by atoms with E-state index >= 15 is 0 Å². The fraction of sp³-hybridized carbons (Fsp3) is 0.250.